The van der Waals surface area contributed by atoms with Crippen LogP contribution in [0.3, 0.4) is 0 Å². The van der Waals surface area contributed by atoms with Gasteiger partial charge in [-0.05, 0) is 12.1 Å². The quantitative estimate of drug-likeness (QED) is 0.735. The molecule has 0 spiro atoms. The van der Waals surface area contributed by atoms with E-state index in [-0.39, 0.29) is 37.1 Å². The molecular weight excluding hydrogens is 252 g/mol. The minimum absolute atomic E-state index is 0.0972. The zero-order valence-electron chi connectivity index (χ0n) is 10.8. The van der Waals surface area contributed by atoms with Crippen LogP contribution in [0.4, 0.5) is 0 Å². The zero-order valence-corrected chi connectivity index (χ0v) is 10.8. The summed E-state index contributed by atoms with van der Waals surface area (Å²) in [6, 6.07) is 3.13. The Kier molecular flexibility index (Phi) is 5.59. The maximum atomic E-state index is 11.6. The predicted octanol–water partition coefficient (Wildman–Crippen LogP) is 0.0309. The molecule has 0 saturated heterocycles. The van der Waals surface area contributed by atoms with E-state index in [1.165, 1.54) is 31.4 Å². The van der Waals surface area contributed by atoms with E-state index < -0.39 is 5.97 Å². The van der Waals surface area contributed by atoms with E-state index in [2.05, 4.69) is 10.1 Å². The van der Waals surface area contributed by atoms with Crippen LogP contribution in [0.15, 0.2) is 22.8 Å². The number of ether oxygens (including phenoxy) is 1. The SMILES string of the molecule is COC(=O)CN(C)C(=O)CCNC(=O)c1ccco1. The number of carbonyl (C=O) groups excluding carboxylic acids is 3. The third kappa shape index (κ3) is 4.82. The van der Waals surface area contributed by atoms with Crippen molar-refractivity contribution in [1.82, 2.24) is 10.2 Å². The number of furan rings is 1. The molecule has 7 nitrogen and oxygen atoms in total. The van der Waals surface area contributed by atoms with E-state index in [0.29, 0.717) is 0 Å². The van der Waals surface area contributed by atoms with E-state index in [1.54, 1.807) is 6.07 Å². The van der Waals surface area contributed by atoms with Crippen molar-refractivity contribution in [3.8, 4) is 0 Å². The van der Waals surface area contributed by atoms with Gasteiger partial charge >= 0.3 is 5.97 Å². The number of methoxy groups -OCH3 is 1. The topological polar surface area (TPSA) is 88.9 Å². The average Bonchev–Trinajstić information content (AvgIpc) is 2.92. The fourth-order valence-corrected chi connectivity index (χ4v) is 1.32. The lowest BCUT2D eigenvalue weighted by molar-refractivity contribution is -0.146. The molecule has 0 aliphatic heterocycles. The van der Waals surface area contributed by atoms with E-state index in [4.69, 9.17) is 4.42 Å². The van der Waals surface area contributed by atoms with Crippen molar-refractivity contribution in [3.05, 3.63) is 24.2 Å². The summed E-state index contributed by atoms with van der Waals surface area (Å²) < 4.78 is 9.35. The standard InChI is InChI=1S/C12H16N2O5/c1-14(8-11(16)18-2)10(15)5-6-13-12(17)9-4-3-7-19-9/h3-4,7H,5-6,8H2,1-2H3,(H,13,17). The summed E-state index contributed by atoms with van der Waals surface area (Å²) >= 11 is 0. The molecule has 2 amide bonds. The third-order valence-corrected chi connectivity index (χ3v) is 2.39. The molecule has 104 valence electrons. The molecular formula is C12H16N2O5. The minimum atomic E-state index is -0.490. The Morgan fingerprint density at radius 1 is 1.42 bits per heavy atom. The van der Waals surface area contributed by atoms with Gasteiger partial charge in [-0.2, -0.15) is 0 Å². The first-order chi connectivity index (χ1) is 9.04. The summed E-state index contributed by atoms with van der Waals surface area (Å²) in [5, 5.41) is 2.54. The number of esters is 1. The van der Waals surface area contributed by atoms with Crippen molar-refractivity contribution >= 4 is 17.8 Å². The highest BCUT2D eigenvalue weighted by molar-refractivity contribution is 5.91. The number of rotatable bonds is 6. The van der Waals surface area contributed by atoms with Crippen molar-refractivity contribution in [3.63, 3.8) is 0 Å². The zero-order chi connectivity index (χ0) is 14.3. The third-order valence-electron chi connectivity index (χ3n) is 2.39. The van der Waals surface area contributed by atoms with E-state index in [0.717, 1.165) is 0 Å². The van der Waals surface area contributed by atoms with Gasteiger partial charge in [-0.15, -0.1) is 0 Å². The molecule has 1 aromatic rings. The van der Waals surface area contributed by atoms with Crippen LogP contribution in [-0.2, 0) is 14.3 Å². The van der Waals surface area contributed by atoms with Gasteiger partial charge in [0.15, 0.2) is 5.76 Å². The number of hydrogen-bond acceptors (Lipinski definition) is 5. The van der Waals surface area contributed by atoms with Crippen LogP contribution >= 0.6 is 0 Å². The summed E-state index contributed by atoms with van der Waals surface area (Å²) in [5.41, 5.74) is 0. The number of nitrogens with zero attached hydrogens (tertiary/aromatic N) is 1. The fourth-order valence-electron chi connectivity index (χ4n) is 1.32. The number of nitrogens with one attached hydrogen (secondary N) is 1. The largest absolute Gasteiger partial charge is 0.468 e. The van der Waals surface area contributed by atoms with E-state index in [9.17, 15) is 14.4 Å². The summed E-state index contributed by atoms with van der Waals surface area (Å²) in [5.74, 6) is -0.940. The van der Waals surface area contributed by atoms with Gasteiger partial charge in [0.2, 0.25) is 5.91 Å². The molecule has 7 heteroatoms. The van der Waals surface area contributed by atoms with Crippen molar-refractivity contribution in [2.24, 2.45) is 0 Å². The normalized spacial score (nSPS) is 9.79. The molecule has 0 aliphatic rings. The Balaban J connectivity index is 2.27. The highest BCUT2D eigenvalue weighted by Crippen LogP contribution is 1.99. The molecule has 19 heavy (non-hydrogen) atoms. The first-order valence-corrected chi connectivity index (χ1v) is 5.67. The highest BCUT2D eigenvalue weighted by atomic mass is 16.5. The Morgan fingerprint density at radius 3 is 2.74 bits per heavy atom. The first kappa shape index (κ1) is 14.7. The lowest BCUT2D eigenvalue weighted by Gasteiger charge is -2.15. The Labute approximate surface area is 110 Å². The van der Waals surface area contributed by atoms with Crippen molar-refractivity contribution in [2.45, 2.75) is 6.42 Å². The molecule has 0 aliphatic carbocycles. The molecule has 0 bridgehead atoms. The molecule has 0 fully saturated rings. The van der Waals surface area contributed by atoms with Crippen molar-refractivity contribution < 1.29 is 23.5 Å². The van der Waals surface area contributed by atoms with Crippen LogP contribution in [-0.4, -0.2) is 49.9 Å². The van der Waals surface area contributed by atoms with Gasteiger partial charge in [-0.1, -0.05) is 0 Å². The second-order valence-electron chi connectivity index (χ2n) is 3.81. The molecule has 0 unspecified atom stereocenters. The smallest absolute Gasteiger partial charge is 0.325 e. The van der Waals surface area contributed by atoms with Crippen LogP contribution < -0.4 is 5.32 Å². The summed E-state index contributed by atoms with van der Waals surface area (Å²) in [6.45, 7) is 0.0609. The van der Waals surface area contributed by atoms with Gasteiger partial charge in [0.05, 0.1) is 13.4 Å². The molecule has 1 aromatic heterocycles. The van der Waals surface area contributed by atoms with Gasteiger partial charge in [0.25, 0.3) is 5.91 Å². The first-order valence-electron chi connectivity index (χ1n) is 5.67. The van der Waals surface area contributed by atoms with Crippen LogP contribution in [0, 0.1) is 0 Å². The number of hydrogen-bond donors (Lipinski definition) is 1. The number of carbonyl (C=O) groups is 3. The van der Waals surface area contributed by atoms with Crippen molar-refractivity contribution in [2.75, 3.05) is 27.2 Å². The molecule has 1 heterocycles. The molecule has 0 atom stereocenters. The Hall–Kier alpha value is -2.31. The van der Waals surface area contributed by atoms with Gasteiger partial charge in [-0.3, -0.25) is 14.4 Å². The molecule has 1 N–H and O–H groups in total. The van der Waals surface area contributed by atoms with Gasteiger partial charge < -0.3 is 19.4 Å². The second kappa shape index (κ2) is 7.20. The number of amides is 2. The van der Waals surface area contributed by atoms with Crippen LogP contribution in [0.1, 0.15) is 17.0 Å². The maximum Gasteiger partial charge on any atom is 0.325 e. The predicted molar refractivity (Wildman–Crippen MR) is 65.3 cm³/mol. The lowest BCUT2D eigenvalue weighted by atomic mass is 10.3. The summed E-state index contributed by atoms with van der Waals surface area (Å²) in [6.07, 6.45) is 1.49. The second-order valence-corrected chi connectivity index (χ2v) is 3.81. The monoisotopic (exact) mass is 268 g/mol. The molecule has 0 saturated carbocycles. The summed E-state index contributed by atoms with van der Waals surface area (Å²) in [7, 11) is 2.75. The van der Waals surface area contributed by atoms with E-state index >= 15 is 0 Å². The Bertz CT molecular complexity index is 441. The van der Waals surface area contributed by atoms with Crippen LogP contribution in [0.25, 0.3) is 0 Å². The highest BCUT2D eigenvalue weighted by Gasteiger charge is 2.14. The lowest BCUT2D eigenvalue weighted by Crippen LogP contribution is -2.35. The number of likely N-dealkylation sites (N-methyl/N-ethyl adjacent to an activating group) is 1. The molecule has 0 aromatic carbocycles. The summed E-state index contributed by atoms with van der Waals surface area (Å²) in [4.78, 5) is 35.3. The maximum absolute atomic E-state index is 11.6. The molecule has 1 rings (SSSR count). The van der Waals surface area contributed by atoms with Crippen molar-refractivity contribution in [1.29, 1.82) is 0 Å². The van der Waals surface area contributed by atoms with Gasteiger partial charge in [0, 0.05) is 20.0 Å². The average molecular weight is 268 g/mol. The van der Waals surface area contributed by atoms with Gasteiger partial charge in [-0.25, -0.2) is 0 Å². The molecule has 0 radical (unpaired) electrons. The minimum Gasteiger partial charge on any atom is -0.468 e. The Morgan fingerprint density at radius 2 is 2.16 bits per heavy atom. The fraction of sp³-hybridized carbons (Fsp3) is 0.417. The van der Waals surface area contributed by atoms with Gasteiger partial charge in [0.1, 0.15) is 6.54 Å². The van der Waals surface area contributed by atoms with E-state index in [1.807, 2.05) is 0 Å². The van der Waals surface area contributed by atoms with Crippen LogP contribution in [0.2, 0.25) is 0 Å². The van der Waals surface area contributed by atoms with Crippen LogP contribution in [0.5, 0.6) is 0 Å².